The molecule has 1 heterocycles. The minimum absolute atomic E-state index is 0.144. The highest BCUT2D eigenvalue weighted by atomic mass is 16.3. The molecule has 2 heteroatoms. The smallest absolute Gasteiger partial charge is 0.0527 e. The Labute approximate surface area is 126 Å². The van der Waals surface area contributed by atoms with E-state index in [4.69, 9.17) is 0 Å². The minimum Gasteiger partial charge on any atom is -0.393 e. The molecular weight excluding hydrogens is 246 g/mol. The third-order valence-corrected chi connectivity index (χ3v) is 4.66. The van der Waals surface area contributed by atoms with Crippen molar-refractivity contribution in [2.45, 2.75) is 103 Å². The first-order valence-corrected chi connectivity index (χ1v) is 9.16. The van der Waals surface area contributed by atoms with Crippen molar-refractivity contribution in [3.05, 3.63) is 0 Å². The molecule has 0 spiro atoms. The van der Waals surface area contributed by atoms with Crippen molar-refractivity contribution in [3.8, 4) is 0 Å². The average molecular weight is 283 g/mol. The van der Waals surface area contributed by atoms with Gasteiger partial charge in [-0.15, -0.1) is 0 Å². The fourth-order valence-corrected chi connectivity index (χ4v) is 3.46. The van der Waals surface area contributed by atoms with Crippen LogP contribution in [0.2, 0.25) is 0 Å². The number of nitrogens with zero attached hydrogens (tertiary/aromatic N) is 1. The van der Waals surface area contributed by atoms with Gasteiger partial charge in [0.1, 0.15) is 0 Å². The van der Waals surface area contributed by atoms with Gasteiger partial charge in [-0.25, -0.2) is 0 Å². The number of aliphatic hydroxyl groups is 1. The number of aliphatic hydroxyl groups excluding tert-OH is 1. The summed E-state index contributed by atoms with van der Waals surface area (Å²) in [5.74, 6) is 0. The third-order valence-electron chi connectivity index (χ3n) is 4.66. The Kier molecular flexibility index (Phi) is 10.4. The van der Waals surface area contributed by atoms with Gasteiger partial charge >= 0.3 is 0 Å². The molecule has 2 atom stereocenters. The molecule has 0 saturated carbocycles. The summed E-state index contributed by atoms with van der Waals surface area (Å²) in [4.78, 5) is 2.67. The minimum atomic E-state index is -0.144. The predicted octanol–water partition coefficient (Wildman–Crippen LogP) is 4.75. The molecule has 120 valence electrons. The first-order valence-electron chi connectivity index (χ1n) is 9.16. The van der Waals surface area contributed by atoms with E-state index in [1.807, 2.05) is 6.92 Å². The fourth-order valence-electron chi connectivity index (χ4n) is 3.46. The molecule has 2 nitrogen and oxygen atoms in total. The van der Waals surface area contributed by atoms with E-state index in [1.165, 1.54) is 83.7 Å². The maximum absolute atomic E-state index is 9.68. The molecule has 0 aromatic heterocycles. The number of rotatable bonds is 10. The van der Waals surface area contributed by atoms with E-state index in [1.54, 1.807) is 0 Å². The zero-order valence-electron chi connectivity index (χ0n) is 13.9. The molecule has 0 aromatic carbocycles. The van der Waals surface area contributed by atoms with Crippen molar-refractivity contribution in [2.75, 3.05) is 13.1 Å². The topological polar surface area (TPSA) is 23.5 Å². The highest BCUT2D eigenvalue weighted by Crippen LogP contribution is 2.21. The molecule has 1 N–H and O–H groups in total. The van der Waals surface area contributed by atoms with Crippen LogP contribution in [-0.4, -0.2) is 35.2 Å². The van der Waals surface area contributed by atoms with E-state index in [-0.39, 0.29) is 6.10 Å². The van der Waals surface area contributed by atoms with E-state index in [0.29, 0.717) is 6.04 Å². The Morgan fingerprint density at radius 1 is 1.00 bits per heavy atom. The summed E-state index contributed by atoms with van der Waals surface area (Å²) >= 11 is 0. The Morgan fingerprint density at radius 3 is 2.40 bits per heavy atom. The molecule has 1 saturated heterocycles. The van der Waals surface area contributed by atoms with Crippen LogP contribution in [0.15, 0.2) is 0 Å². The van der Waals surface area contributed by atoms with Crippen LogP contribution in [-0.2, 0) is 0 Å². The van der Waals surface area contributed by atoms with Crippen molar-refractivity contribution in [3.63, 3.8) is 0 Å². The van der Waals surface area contributed by atoms with E-state index in [2.05, 4.69) is 11.8 Å². The highest BCUT2D eigenvalue weighted by molar-refractivity contribution is 4.77. The van der Waals surface area contributed by atoms with Gasteiger partial charge in [0.25, 0.3) is 0 Å². The Balaban J connectivity index is 2.16. The highest BCUT2D eigenvalue weighted by Gasteiger charge is 2.21. The second-order valence-electron chi connectivity index (χ2n) is 6.75. The maximum Gasteiger partial charge on any atom is 0.0527 e. The lowest BCUT2D eigenvalue weighted by Crippen LogP contribution is -2.37. The van der Waals surface area contributed by atoms with Crippen LogP contribution < -0.4 is 0 Å². The van der Waals surface area contributed by atoms with Crippen molar-refractivity contribution in [1.82, 2.24) is 4.90 Å². The van der Waals surface area contributed by atoms with Gasteiger partial charge in [0, 0.05) is 6.04 Å². The third kappa shape index (κ3) is 8.26. The SMILES string of the molecule is CCCCCCCCCN1CCCCCC1CC(C)O. The number of unbranched alkanes of at least 4 members (excludes halogenated alkanes) is 6. The standard InChI is InChI=1S/C18H37NO/c1-3-4-5-6-7-8-11-14-19-15-12-9-10-13-18(19)16-17(2)20/h17-18,20H,3-16H2,1-2H3. The Bertz CT molecular complexity index is 217. The Morgan fingerprint density at radius 2 is 1.70 bits per heavy atom. The lowest BCUT2D eigenvalue weighted by molar-refractivity contribution is 0.111. The lowest BCUT2D eigenvalue weighted by Gasteiger charge is -2.30. The molecule has 1 fully saturated rings. The van der Waals surface area contributed by atoms with Crippen LogP contribution in [0.25, 0.3) is 0 Å². The summed E-state index contributed by atoms with van der Waals surface area (Å²) < 4.78 is 0. The zero-order chi connectivity index (χ0) is 14.6. The quantitative estimate of drug-likeness (QED) is 0.585. The molecule has 0 radical (unpaired) electrons. The van der Waals surface area contributed by atoms with Gasteiger partial charge in [-0.1, -0.05) is 58.3 Å². The van der Waals surface area contributed by atoms with E-state index in [9.17, 15) is 5.11 Å². The van der Waals surface area contributed by atoms with Crippen LogP contribution in [0.5, 0.6) is 0 Å². The first-order chi connectivity index (χ1) is 9.74. The normalized spacial score (nSPS) is 22.6. The van der Waals surface area contributed by atoms with Gasteiger partial charge in [0.2, 0.25) is 0 Å². The monoisotopic (exact) mass is 283 g/mol. The number of hydrogen-bond donors (Lipinski definition) is 1. The summed E-state index contributed by atoms with van der Waals surface area (Å²) in [5.41, 5.74) is 0. The van der Waals surface area contributed by atoms with Gasteiger partial charge in [-0.3, -0.25) is 0 Å². The van der Waals surface area contributed by atoms with Crippen LogP contribution in [0.3, 0.4) is 0 Å². The Hall–Kier alpha value is -0.0800. The molecule has 1 rings (SSSR count). The van der Waals surface area contributed by atoms with Crippen molar-refractivity contribution >= 4 is 0 Å². The largest absolute Gasteiger partial charge is 0.393 e. The lowest BCUT2D eigenvalue weighted by atomic mass is 10.0. The van der Waals surface area contributed by atoms with Crippen LogP contribution in [0.1, 0.15) is 90.9 Å². The molecular formula is C18H37NO. The molecule has 20 heavy (non-hydrogen) atoms. The molecule has 0 bridgehead atoms. The molecule has 2 unspecified atom stereocenters. The van der Waals surface area contributed by atoms with Crippen LogP contribution >= 0.6 is 0 Å². The van der Waals surface area contributed by atoms with E-state index < -0.39 is 0 Å². The second-order valence-corrected chi connectivity index (χ2v) is 6.75. The molecule has 0 aromatic rings. The molecule has 1 aliphatic heterocycles. The fraction of sp³-hybridized carbons (Fsp3) is 1.00. The van der Waals surface area contributed by atoms with Crippen molar-refractivity contribution < 1.29 is 5.11 Å². The molecule has 1 aliphatic rings. The van der Waals surface area contributed by atoms with Gasteiger partial charge < -0.3 is 10.0 Å². The van der Waals surface area contributed by atoms with Crippen molar-refractivity contribution in [2.24, 2.45) is 0 Å². The maximum atomic E-state index is 9.68. The summed E-state index contributed by atoms with van der Waals surface area (Å²) in [6, 6.07) is 0.637. The van der Waals surface area contributed by atoms with Gasteiger partial charge in [0.05, 0.1) is 6.10 Å². The van der Waals surface area contributed by atoms with Gasteiger partial charge in [-0.05, 0) is 45.7 Å². The summed E-state index contributed by atoms with van der Waals surface area (Å²) in [6.07, 6.45) is 15.9. The predicted molar refractivity (Wildman–Crippen MR) is 88.1 cm³/mol. The summed E-state index contributed by atoms with van der Waals surface area (Å²) in [7, 11) is 0. The first kappa shape index (κ1) is 18.0. The molecule has 0 amide bonds. The summed E-state index contributed by atoms with van der Waals surface area (Å²) in [5, 5.41) is 9.68. The average Bonchev–Trinajstić information content (AvgIpc) is 2.63. The van der Waals surface area contributed by atoms with E-state index in [0.717, 1.165) is 6.42 Å². The molecule has 0 aliphatic carbocycles. The van der Waals surface area contributed by atoms with Gasteiger partial charge in [-0.2, -0.15) is 0 Å². The number of hydrogen-bond acceptors (Lipinski definition) is 2. The van der Waals surface area contributed by atoms with Crippen molar-refractivity contribution in [1.29, 1.82) is 0 Å². The zero-order valence-corrected chi connectivity index (χ0v) is 13.9. The van der Waals surface area contributed by atoms with Gasteiger partial charge in [0.15, 0.2) is 0 Å². The van der Waals surface area contributed by atoms with Crippen LogP contribution in [0.4, 0.5) is 0 Å². The summed E-state index contributed by atoms with van der Waals surface area (Å²) in [6.45, 7) is 6.73. The van der Waals surface area contributed by atoms with E-state index >= 15 is 0 Å². The number of likely N-dealkylation sites (tertiary alicyclic amines) is 1. The second kappa shape index (κ2) is 11.6. The van der Waals surface area contributed by atoms with Crippen LogP contribution in [0, 0.1) is 0 Å².